The molecule has 1 N–H and O–H groups in total. The second-order valence-electron chi connectivity index (χ2n) is 6.14. The zero-order chi connectivity index (χ0) is 14.8. The van der Waals surface area contributed by atoms with E-state index < -0.39 is 10.0 Å². The summed E-state index contributed by atoms with van der Waals surface area (Å²) in [4.78, 5) is 2.26. The molecule has 1 aliphatic heterocycles. The summed E-state index contributed by atoms with van der Waals surface area (Å²) in [7, 11) is -1.65. The minimum Gasteiger partial charge on any atom is -0.301 e. The molecule has 0 aromatic heterocycles. The minimum atomic E-state index is -3.14. The predicted molar refractivity (Wildman–Crippen MR) is 82.3 cm³/mol. The summed E-state index contributed by atoms with van der Waals surface area (Å²) in [6.45, 7) is 6.78. The van der Waals surface area contributed by atoms with Crippen LogP contribution in [0.3, 0.4) is 0 Å². The number of sulfonamides is 1. The molecule has 4 nitrogen and oxygen atoms in total. The molecule has 1 aromatic rings. The van der Waals surface area contributed by atoms with E-state index in [-0.39, 0.29) is 10.7 Å². The molecule has 1 saturated heterocycles. The van der Waals surface area contributed by atoms with Crippen LogP contribution in [0.5, 0.6) is 0 Å². The normalized spacial score (nSPS) is 21.2. The molecule has 0 radical (unpaired) electrons. The van der Waals surface area contributed by atoms with E-state index in [2.05, 4.69) is 47.7 Å². The lowest BCUT2D eigenvalue weighted by Crippen LogP contribution is -2.38. The van der Waals surface area contributed by atoms with Gasteiger partial charge in [0.05, 0.1) is 5.25 Å². The highest BCUT2D eigenvalue weighted by Crippen LogP contribution is 2.26. The Morgan fingerprint density at radius 2 is 1.95 bits per heavy atom. The molecule has 20 heavy (non-hydrogen) atoms. The number of benzene rings is 1. The largest absolute Gasteiger partial charge is 0.301 e. The van der Waals surface area contributed by atoms with Gasteiger partial charge in [-0.25, -0.2) is 13.1 Å². The number of nitrogens with one attached hydrogen (secondary N) is 1. The first-order valence-electron chi connectivity index (χ1n) is 7.05. The van der Waals surface area contributed by atoms with Gasteiger partial charge in [0.1, 0.15) is 0 Å². The van der Waals surface area contributed by atoms with E-state index in [1.165, 1.54) is 12.6 Å². The lowest BCUT2D eigenvalue weighted by Gasteiger charge is -2.30. The SMILES string of the molecule is CNS(=O)(=O)[C@@H]1CCN(CC(C)(C)c2ccccc2)C1. The van der Waals surface area contributed by atoms with E-state index in [9.17, 15) is 8.42 Å². The maximum Gasteiger partial charge on any atom is 0.215 e. The highest BCUT2D eigenvalue weighted by molar-refractivity contribution is 7.90. The lowest BCUT2D eigenvalue weighted by molar-refractivity contribution is 0.269. The van der Waals surface area contributed by atoms with E-state index in [1.54, 1.807) is 0 Å². The Kier molecular flexibility index (Phi) is 4.52. The molecule has 0 amide bonds. The first-order valence-corrected chi connectivity index (χ1v) is 8.60. The second kappa shape index (κ2) is 5.84. The third-order valence-electron chi connectivity index (χ3n) is 4.13. The van der Waals surface area contributed by atoms with Crippen LogP contribution in [-0.4, -0.2) is 45.2 Å². The van der Waals surface area contributed by atoms with Crippen molar-refractivity contribution < 1.29 is 8.42 Å². The Hall–Kier alpha value is -0.910. The summed E-state index contributed by atoms with van der Waals surface area (Å²) in [6, 6.07) is 10.4. The average Bonchev–Trinajstić information content (AvgIpc) is 2.88. The van der Waals surface area contributed by atoms with Crippen molar-refractivity contribution in [2.24, 2.45) is 0 Å². The van der Waals surface area contributed by atoms with Crippen molar-refractivity contribution in [3.05, 3.63) is 35.9 Å². The van der Waals surface area contributed by atoms with Gasteiger partial charge in [0.2, 0.25) is 10.0 Å². The molecule has 1 aliphatic rings. The molecular formula is C15H24N2O2S. The van der Waals surface area contributed by atoms with Gasteiger partial charge in [-0.05, 0) is 25.6 Å². The van der Waals surface area contributed by atoms with Gasteiger partial charge in [0, 0.05) is 18.5 Å². The van der Waals surface area contributed by atoms with Crippen LogP contribution in [0.1, 0.15) is 25.8 Å². The molecule has 2 rings (SSSR count). The number of hydrogen-bond donors (Lipinski definition) is 1. The first-order chi connectivity index (χ1) is 9.35. The van der Waals surface area contributed by atoms with Crippen LogP contribution in [0, 0.1) is 0 Å². The zero-order valence-corrected chi connectivity index (χ0v) is 13.3. The lowest BCUT2D eigenvalue weighted by atomic mass is 9.84. The molecule has 0 saturated carbocycles. The van der Waals surface area contributed by atoms with Crippen LogP contribution in [-0.2, 0) is 15.4 Å². The van der Waals surface area contributed by atoms with Crippen molar-refractivity contribution in [1.29, 1.82) is 0 Å². The maximum atomic E-state index is 11.8. The Morgan fingerprint density at radius 3 is 2.55 bits per heavy atom. The Labute approximate surface area is 122 Å². The third kappa shape index (κ3) is 3.40. The molecule has 1 fully saturated rings. The molecule has 0 bridgehead atoms. The van der Waals surface area contributed by atoms with Crippen LogP contribution >= 0.6 is 0 Å². The third-order valence-corrected chi connectivity index (χ3v) is 5.96. The van der Waals surface area contributed by atoms with Crippen molar-refractivity contribution >= 4 is 10.0 Å². The topological polar surface area (TPSA) is 49.4 Å². The summed E-state index contributed by atoms with van der Waals surface area (Å²) in [6.07, 6.45) is 0.716. The monoisotopic (exact) mass is 296 g/mol. The van der Waals surface area contributed by atoms with E-state index in [0.29, 0.717) is 13.0 Å². The fraction of sp³-hybridized carbons (Fsp3) is 0.600. The van der Waals surface area contributed by atoms with Gasteiger partial charge in [0.15, 0.2) is 0 Å². The van der Waals surface area contributed by atoms with Crippen molar-refractivity contribution in [3.63, 3.8) is 0 Å². The molecule has 5 heteroatoms. The number of rotatable bonds is 5. The van der Waals surface area contributed by atoms with Crippen LogP contribution in [0.2, 0.25) is 0 Å². The predicted octanol–water partition coefficient (Wildman–Crippen LogP) is 1.59. The summed E-state index contributed by atoms with van der Waals surface area (Å²) in [5.74, 6) is 0. The summed E-state index contributed by atoms with van der Waals surface area (Å²) >= 11 is 0. The van der Waals surface area contributed by atoms with Crippen molar-refractivity contribution in [3.8, 4) is 0 Å². The molecular weight excluding hydrogens is 272 g/mol. The van der Waals surface area contributed by atoms with Gasteiger partial charge in [-0.3, -0.25) is 0 Å². The fourth-order valence-corrected chi connectivity index (χ4v) is 4.06. The van der Waals surface area contributed by atoms with Crippen molar-refractivity contribution in [1.82, 2.24) is 9.62 Å². The molecule has 1 atom stereocenters. The molecule has 1 aromatic carbocycles. The quantitative estimate of drug-likeness (QED) is 0.897. The van der Waals surface area contributed by atoms with Gasteiger partial charge < -0.3 is 4.90 Å². The Bertz CT molecular complexity index is 540. The van der Waals surface area contributed by atoms with Gasteiger partial charge in [0.25, 0.3) is 0 Å². The van der Waals surface area contributed by atoms with Crippen molar-refractivity contribution in [2.75, 3.05) is 26.7 Å². The first kappa shape index (κ1) is 15.5. The van der Waals surface area contributed by atoms with Crippen LogP contribution < -0.4 is 4.72 Å². The number of nitrogens with zero attached hydrogens (tertiary/aromatic N) is 1. The highest BCUT2D eigenvalue weighted by Gasteiger charge is 2.34. The van der Waals surface area contributed by atoms with Gasteiger partial charge in [-0.2, -0.15) is 0 Å². The molecule has 112 valence electrons. The minimum absolute atomic E-state index is 0.0273. The van der Waals surface area contributed by atoms with E-state index in [1.807, 2.05) is 6.07 Å². The van der Waals surface area contributed by atoms with E-state index >= 15 is 0 Å². The van der Waals surface area contributed by atoms with E-state index in [0.717, 1.165) is 13.1 Å². The second-order valence-corrected chi connectivity index (χ2v) is 8.31. The maximum absolute atomic E-state index is 11.8. The van der Waals surface area contributed by atoms with Gasteiger partial charge >= 0.3 is 0 Å². The fourth-order valence-electron chi connectivity index (χ4n) is 2.90. The van der Waals surface area contributed by atoms with Crippen LogP contribution in [0.4, 0.5) is 0 Å². The molecule has 0 unspecified atom stereocenters. The molecule has 0 spiro atoms. The molecule has 0 aliphatic carbocycles. The number of hydrogen-bond acceptors (Lipinski definition) is 3. The average molecular weight is 296 g/mol. The number of likely N-dealkylation sites (tertiary alicyclic amines) is 1. The van der Waals surface area contributed by atoms with Crippen molar-refractivity contribution in [2.45, 2.75) is 30.9 Å². The summed E-state index contributed by atoms with van der Waals surface area (Å²) < 4.78 is 26.1. The summed E-state index contributed by atoms with van der Waals surface area (Å²) in [5, 5.41) is -0.279. The van der Waals surface area contributed by atoms with Crippen LogP contribution in [0.25, 0.3) is 0 Å². The Morgan fingerprint density at radius 1 is 1.30 bits per heavy atom. The van der Waals surface area contributed by atoms with Crippen LogP contribution in [0.15, 0.2) is 30.3 Å². The highest BCUT2D eigenvalue weighted by atomic mass is 32.2. The van der Waals surface area contributed by atoms with E-state index in [4.69, 9.17) is 0 Å². The summed E-state index contributed by atoms with van der Waals surface area (Å²) in [5.41, 5.74) is 1.32. The Balaban J connectivity index is 2.02. The molecule has 1 heterocycles. The smallest absolute Gasteiger partial charge is 0.215 e. The van der Waals surface area contributed by atoms with Gasteiger partial charge in [-0.15, -0.1) is 0 Å². The zero-order valence-electron chi connectivity index (χ0n) is 12.5. The van der Waals surface area contributed by atoms with Gasteiger partial charge in [-0.1, -0.05) is 44.2 Å². The standard InChI is InChI=1S/C15H24N2O2S/c1-15(2,13-7-5-4-6-8-13)12-17-10-9-14(11-17)20(18,19)16-3/h4-8,14,16H,9-12H2,1-3H3/t14-/m1/s1.